The highest BCUT2D eigenvalue weighted by molar-refractivity contribution is 9.10. The lowest BCUT2D eigenvalue weighted by atomic mass is 9.88. The highest BCUT2D eigenvalue weighted by atomic mass is 79.9. The van der Waals surface area contributed by atoms with Gasteiger partial charge in [-0.3, -0.25) is 0 Å². The van der Waals surface area contributed by atoms with E-state index in [4.69, 9.17) is 4.74 Å². The Morgan fingerprint density at radius 2 is 2.00 bits per heavy atom. The van der Waals surface area contributed by atoms with Crippen LogP contribution in [0.2, 0.25) is 0 Å². The van der Waals surface area contributed by atoms with E-state index in [1.54, 1.807) is 19.5 Å². The van der Waals surface area contributed by atoms with Gasteiger partial charge in [-0.1, -0.05) is 0 Å². The average molecular weight is 286 g/mol. The van der Waals surface area contributed by atoms with Crippen molar-refractivity contribution in [2.75, 3.05) is 20.2 Å². The summed E-state index contributed by atoms with van der Waals surface area (Å²) in [4.78, 5) is 8.61. The first-order valence-corrected chi connectivity index (χ1v) is 6.26. The Bertz CT molecular complexity index is 336. The van der Waals surface area contributed by atoms with Gasteiger partial charge in [0.15, 0.2) is 0 Å². The predicted octanol–water partition coefficient (Wildman–Crippen LogP) is 1.55. The molecule has 1 aliphatic heterocycles. The molecule has 0 spiro atoms. The minimum Gasteiger partial charge on any atom is -0.378 e. The van der Waals surface area contributed by atoms with E-state index in [2.05, 4.69) is 31.2 Å². The lowest BCUT2D eigenvalue weighted by Gasteiger charge is -2.35. The molecule has 0 radical (unpaired) electrons. The summed E-state index contributed by atoms with van der Waals surface area (Å²) in [5.41, 5.74) is -0.0842. The molecule has 16 heavy (non-hydrogen) atoms. The molecule has 1 aromatic rings. The Kier molecular flexibility index (Phi) is 3.89. The van der Waals surface area contributed by atoms with E-state index in [9.17, 15) is 0 Å². The second-order valence-corrected chi connectivity index (χ2v) is 5.05. The monoisotopic (exact) mass is 285 g/mol. The van der Waals surface area contributed by atoms with Crippen molar-refractivity contribution in [1.82, 2.24) is 15.3 Å². The van der Waals surface area contributed by atoms with E-state index in [0.29, 0.717) is 0 Å². The summed E-state index contributed by atoms with van der Waals surface area (Å²) < 4.78 is 6.59. The Balaban J connectivity index is 2.08. The summed E-state index contributed by atoms with van der Waals surface area (Å²) in [6, 6.07) is 0. The maximum Gasteiger partial charge on any atom is 0.131 e. The van der Waals surface area contributed by atoms with Crippen molar-refractivity contribution < 1.29 is 4.74 Å². The molecule has 0 unspecified atom stereocenters. The Hall–Kier alpha value is -0.520. The molecular formula is C11H16BrN3O. The number of hydrogen-bond donors (Lipinski definition) is 1. The van der Waals surface area contributed by atoms with Crippen LogP contribution in [-0.2, 0) is 11.2 Å². The molecule has 0 aliphatic carbocycles. The SMILES string of the molecule is COC1(Cc2ncc(Br)cn2)CCNCC1. The number of methoxy groups -OCH3 is 1. The van der Waals surface area contributed by atoms with Crippen LogP contribution >= 0.6 is 15.9 Å². The van der Waals surface area contributed by atoms with Crippen LogP contribution in [-0.4, -0.2) is 35.8 Å². The molecule has 1 saturated heterocycles. The molecule has 4 nitrogen and oxygen atoms in total. The van der Waals surface area contributed by atoms with Gasteiger partial charge in [0.25, 0.3) is 0 Å². The quantitative estimate of drug-likeness (QED) is 0.916. The van der Waals surface area contributed by atoms with Crippen LogP contribution in [0, 0.1) is 0 Å². The van der Waals surface area contributed by atoms with Gasteiger partial charge >= 0.3 is 0 Å². The number of rotatable bonds is 3. The second kappa shape index (κ2) is 5.21. The van der Waals surface area contributed by atoms with Gasteiger partial charge in [0.2, 0.25) is 0 Å². The molecule has 0 amide bonds. The maximum absolute atomic E-state index is 5.68. The van der Waals surface area contributed by atoms with E-state index in [0.717, 1.165) is 42.6 Å². The van der Waals surface area contributed by atoms with E-state index < -0.39 is 0 Å². The van der Waals surface area contributed by atoms with Crippen molar-refractivity contribution in [1.29, 1.82) is 0 Å². The molecule has 0 saturated carbocycles. The fraction of sp³-hybridized carbons (Fsp3) is 0.636. The highest BCUT2D eigenvalue weighted by Crippen LogP contribution is 2.25. The summed E-state index contributed by atoms with van der Waals surface area (Å²) in [7, 11) is 1.78. The van der Waals surface area contributed by atoms with Crippen LogP contribution < -0.4 is 5.32 Å². The predicted molar refractivity (Wildman–Crippen MR) is 65.3 cm³/mol. The van der Waals surface area contributed by atoms with Gasteiger partial charge in [0, 0.05) is 25.9 Å². The minimum absolute atomic E-state index is 0.0842. The van der Waals surface area contributed by atoms with Crippen molar-refractivity contribution >= 4 is 15.9 Å². The smallest absolute Gasteiger partial charge is 0.131 e. The van der Waals surface area contributed by atoms with Crippen LogP contribution in [0.4, 0.5) is 0 Å². The molecular weight excluding hydrogens is 270 g/mol. The van der Waals surface area contributed by atoms with Crippen molar-refractivity contribution in [3.63, 3.8) is 0 Å². The van der Waals surface area contributed by atoms with Gasteiger partial charge in [-0.2, -0.15) is 0 Å². The average Bonchev–Trinajstić information content (AvgIpc) is 2.33. The molecule has 2 heterocycles. The lowest BCUT2D eigenvalue weighted by molar-refractivity contribution is -0.0347. The van der Waals surface area contributed by atoms with E-state index >= 15 is 0 Å². The maximum atomic E-state index is 5.68. The van der Waals surface area contributed by atoms with Gasteiger partial charge in [0.1, 0.15) is 5.82 Å². The summed E-state index contributed by atoms with van der Waals surface area (Å²) in [6.07, 6.45) is 6.39. The molecule has 88 valence electrons. The summed E-state index contributed by atoms with van der Waals surface area (Å²) >= 11 is 3.33. The van der Waals surface area contributed by atoms with Crippen molar-refractivity contribution in [3.8, 4) is 0 Å². The zero-order chi connectivity index (χ0) is 11.4. The van der Waals surface area contributed by atoms with Crippen LogP contribution in [0.25, 0.3) is 0 Å². The third kappa shape index (κ3) is 2.78. The molecule has 0 aromatic carbocycles. The highest BCUT2D eigenvalue weighted by Gasteiger charge is 2.32. The normalized spacial score (nSPS) is 19.6. The van der Waals surface area contributed by atoms with Gasteiger partial charge in [-0.05, 0) is 41.9 Å². The fourth-order valence-electron chi connectivity index (χ4n) is 2.05. The van der Waals surface area contributed by atoms with E-state index in [-0.39, 0.29) is 5.60 Å². The van der Waals surface area contributed by atoms with Crippen molar-refractivity contribution in [3.05, 3.63) is 22.7 Å². The first-order valence-electron chi connectivity index (χ1n) is 5.46. The second-order valence-electron chi connectivity index (χ2n) is 4.13. The molecule has 1 N–H and O–H groups in total. The van der Waals surface area contributed by atoms with Gasteiger partial charge in [-0.15, -0.1) is 0 Å². The largest absolute Gasteiger partial charge is 0.378 e. The zero-order valence-electron chi connectivity index (χ0n) is 9.37. The summed E-state index contributed by atoms with van der Waals surface area (Å²) in [5, 5.41) is 3.34. The molecule has 1 aliphatic rings. The Morgan fingerprint density at radius 3 is 2.56 bits per heavy atom. The molecule has 5 heteroatoms. The molecule has 0 bridgehead atoms. The van der Waals surface area contributed by atoms with Gasteiger partial charge < -0.3 is 10.1 Å². The Labute approximate surface area is 104 Å². The molecule has 1 aromatic heterocycles. The molecule has 2 rings (SSSR count). The van der Waals surface area contributed by atoms with E-state index in [1.165, 1.54) is 0 Å². The Morgan fingerprint density at radius 1 is 1.38 bits per heavy atom. The first kappa shape index (κ1) is 12.0. The number of nitrogens with zero attached hydrogens (tertiary/aromatic N) is 2. The number of aromatic nitrogens is 2. The summed E-state index contributed by atoms with van der Waals surface area (Å²) in [6.45, 7) is 2.01. The third-order valence-corrected chi connectivity index (χ3v) is 3.51. The number of hydrogen-bond acceptors (Lipinski definition) is 4. The number of piperidine rings is 1. The van der Waals surface area contributed by atoms with Crippen LogP contribution in [0.1, 0.15) is 18.7 Å². The third-order valence-electron chi connectivity index (χ3n) is 3.10. The van der Waals surface area contributed by atoms with Gasteiger partial charge in [0.05, 0.1) is 10.1 Å². The molecule has 1 fully saturated rings. The minimum atomic E-state index is -0.0842. The standard InChI is InChI=1S/C11H16BrN3O/c1-16-11(2-4-13-5-3-11)6-10-14-7-9(12)8-15-10/h7-8,13H,2-6H2,1H3. The lowest BCUT2D eigenvalue weighted by Crippen LogP contribution is -2.45. The summed E-state index contributed by atoms with van der Waals surface area (Å²) in [5.74, 6) is 0.854. The van der Waals surface area contributed by atoms with Crippen molar-refractivity contribution in [2.45, 2.75) is 24.9 Å². The van der Waals surface area contributed by atoms with Crippen LogP contribution in [0.15, 0.2) is 16.9 Å². The number of ether oxygens (including phenoxy) is 1. The number of halogens is 1. The van der Waals surface area contributed by atoms with Crippen LogP contribution in [0.3, 0.4) is 0 Å². The first-order chi connectivity index (χ1) is 7.74. The molecule has 0 atom stereocenters. The van der Waals surface area contributed by atoms with E-state index in [1.807, 2.05) is 0 Å². The van der Waals surface area contributed by atoms with Crippen LogP contribution in [0.5, 0.6) is 0 Å². The van der Waals surface area contributed by atoms with Gasteiger partial charge in [-0.25, -0.2) is 9.97 Å². The zero-order valence-corrected chi connectivity index (χ0v) is 11.0. The van der Waals surface area contributed by atoms with Crippen molar-refractivity contribution in [2.24, 2.45) is 0 Å². The fourth-order valence-corrected chi connectivity index (χ4v) is 2.26. The topological polar surface area (TPSA) is 47.0 Å². The number of nitrogens with one attached hydrogen (secondary N) is 1.